The molecule has 0 spiro atoms. The van der Waals surface area contributed by atoms with Gasteiger partial charge in [-0.25, -0.2) is 9.97 Å². The summed E-state index contributed by atoms with van der Waals surface area (Å²) in [5.74, 6) is -0.481. The van der Waals surface area contributed by atoms with Crippen molar-refractivity contribution in [2.75, 3.05) is 5.73 Å². The molecule has 0 bridgehead atoms. The summed E-state index contributed by atoms with van der Waals surface area (Å²) < 4.78 is 0. The number of carbonyl (C=O) groups is 1. The van der Waals surface area contributed by atoms with Crippen LogP contribution in [0, 0.1) is 0 Å². The maximum Gasteiger partial charge on any atom is 0.309 e. The standard InChI is InChI=1S/C12H11N3O2/c13-9-7-14-12(8-4-2-1-3-5-8)15-10(9)6-11(16)17/h1-5,7H,6,13H2,(H,16,17). The number of hydrogen-bond acceptors (Lipinski definition) is 4. The van der Waals surface area contributed by atoms with Gasteiger partial charge in [0.1, 0.15) is 0 Å². The summed E-state index contributed by atoms with van der Waals surface area (Å²) in [6, 6.07) is 9.34. The molecule has 3 N–H and O–H groups in total. The molecule has 1 aromatic carbocycles. The molecule has 0 aliphatic rings. The van der Waals surface area contributed by atoms with Crippen molar-refractivity contribution in [3.8, 4) is 11.4 Å². The Bertz CT molecular complexity index is 541. The highest BCUT2D eigenvalue weighted by Crippen LogP contribution is 2.17. The smallest absolute Gasteiger partial charge is 0.309 e. The van der Waals surface area contributed by atoms with Gasteiger partial charge in [-0.15, -0.1) is 0 Å². The second kappa shape index (κ2) is 4.61. The first kappa shape index (κ1) is 11.1. The fourth-order valence-electron chi connectivity index (χ4n) is 1.44. The maximum atomic E-state index is 10.7. The number of aromatic nitrogens is 2. The second-order valence-electron chi connectivity index (χ2n) is 3.53. The lowest BCUT2D eigenvalue weighted by Gasteiger charge is -2.05. The molecular weight excluding hydrogens is 218 g/mol. The van der Waals surface area contributed by atoms with E-state index >= 15 is 0 Å². The number of nitrogen functional groups attached to an aromatic ring is 1. The van der Waals surface area contributed by atoms with E-state index in [4.69, 9.17) is 10.8 Å². The van der Waals surface area contributed by atoms with Gasteiger partial charge in [0, 0.05) is 5.56 Å². The van der Waals surface area contributed by atoms with E-state index in [-0.39, 0.29) is 6.42 Å². The van der Waals surface area contributed by atoms with E-state index in [9.17, 15) is 4.79 Å². The Labute approximate surface area is 98.0 Å². The van der Waals surface area contributed by atoms with Gasteiger partial charge >= 0.3 is 5.97 Å². The van der Waals surface area contributed by atoms with Crippen molar-refractivity contribution in [1.82, 2.24) is 9.97 Å². The normalized spacial score (nSPS) is 10.1. The van der Waals surface area contributed by atoms with Crippen LogP contribution in [0.1, 0.15) is 5.69 Å². The van der Waals surface area contributed by atoms with Crippen molar-refractivity contribution < 1.29 is 9.90 Å². The molecule has 5 nitrogen and oxygen atoms in total. The zero-order chi connectivity index (χ0) is 12.3. The molecule has 0 amide bonds. The summed E-state index contributed by atoms with van der Waals surface area (Å²) in [5, 5.41) is 8.74. The number of anilines is 1. The van der Waals surface area contributed by atoms with E-state index < -0.39 is 5.97 Å². The fraction of sp³-hybridized carbons (Fsp3) is 0.0833. The van der Waals surface area contributed by atoms with Gasteiger partial charge in [0.15, 0.2) is 5.82 Å². The maximum absolute atomic E-state index is 10.7. The van der Waals surface area contributed by atoms with E-state index in [2.05, 4.69) is 9.97 Å². The predicted octanol–water partition coefficient (Wildman–Crippen LogP) is 1.35. The highest BCUT2D eigenvalue weighted by atomic mass is 16.4. The largest absolute Gasteiger partial charge is 0.481 e. The van der Waals surface area contributed by atoms with Gasteiger partial charge in [-0.1, -0.05) is 30.3 Å². The summed E-state index contributed by atoms with van der Waals surface area (Å²) in [7, 11) is 0. The summed E-state index contributed by atoms with van der Waals surface area (Å²) >= 11 is 0. The van der Waals surface area contributed by atoms with Gasteiger partial charge in [0.05, 0.1) is 24.0 Å². The third kappa shape index (κ3) is 2.57. The Balaban J connectivity index is 2.41. The van der Waals surface area contributed by atoms with Crippen LogP contribution in [0.25, 0.3) is 11.4 Å². The molecule has 1 aromatic heterocycles. The number of benzene rings is 1. The van der Waals surface area contributed by atoms with Gasteiger partial charge in [-0.3, -0.25) is 4.79 Å². The average molecular weight is 229 g/mol. The molecule has 0 fully saturated rings. The number of nitrogens with zero attached hydrogens (tertiary/aromatic N) is 2. The van der Waals surface area contributed by atoms with Crippen LogP contribution >= 0.6 is 0 Å². The Kier molecular flexibility index (Phi) is 3.00. The Hall–Kier alpha value is -2.43. The SMILES string of the molecule is Nc1cnc(-c2ccccc2)nc1CC(=O)O. The van der Waals surface area contributed by atoms with E-state index in [1.807, 2.05) is 30.3 Å². The van der Waals surface area contributed by atoms with Crippen molar-refractivity contribution in [1.29, 1.82) is 0 Å². The summed E-state index contributed by atoms with van der Waals surface area (Å²) in [6.45, 7) is 0. The van der Waals surface area contributed by atoms with Crippen LogP contribution in [0.15, 0.2) is 36.5 Å². The predicted molar refractivity (Wildman–Crippen MR) is 63.2 cm³/mol. The van der Waals surface area contributed by atoms with Crippen LogP contribution in [0.3, 0.4) is 0 Å². The monoisotopic (exact) mass is 229 g/mol. The summed E-state index contributed by atoms with van der Waals surface area (Å²) in [4.78, 5) is 18.9. The first-order valence-electron chi connectivity index (χ1n) is 5.05. The first-order valence-corrected chi connectivity index (χ1v) is 5.05. The van der Waals surface area contributed by atoms with Crippen molar-refractivity contribution >= 4 is 11.7 Å². The minimum Gasteiger partial charge on any atom is -0.481 e. The van der Waals surface area contributed by atoms with Crippen LogP contribution in [0.2, 0.25) is 0 Å². The lowest BCUT2D eigenvalue weighted by Crippen LogP contribution is -2.07. The van der Waals surface area contributed by atoms with Crippen molar-refractivity contribution in [3.63, 3.8) is 0 Å². The quantitative estimate of drug-likeness (QED) is 0.829. The van der Waals surface area contributed by atoms with Gasteiger partial charge in [-0.2, -0.15) is 0 Å². The van der Waals surface area contributed by atoms with Gasteiger partial charge in [0.25, 0.3) is 0 Å². The number of nitrogens with two attached hydrogens (primary N) is 1. The van der Waals surface area contributed by atoms with Crippen LogP contribution in [0.4, 0.5) is 5.69 Å². The molecule has 0 aliphatic carbocycles. The zero-order valence-corrected chi connectivity index (χ0v) is 9.00. The molecule has 1 heterocycles. The Morgan fingerprint density at radius 1 is 1.29 bits per heavy atom. The zero-order valence-electron chi connectivity index (χ0n) is 9.00. The number of rotatable bonds is 3. The third-order valence-electron chi connectivity index (χ3n) is 2.25. The van der Waals surface area contributed by atoms with E-state index in [0.29, 0.717) is 17.2 Å². The van der Waals surface area contributed by atoms with Gasteiger partial charge < -0.3 is 10.8 Å². The summed E-state index contributed by atoms with van der Waals surface area (Å²) in [5.41, 5.74) is 7.10. The molecular formula is C12H11N3O2. The van der Waals surface area contributed by atoms with Crippen LogP contribution in [0.5, 0.6) is 0 Å². The molecule has 2 rings (SSSR count). The van der Waals surface area contributed by atoms with Crippen LogP contribution in [-0.2, 0) is 11.2 Å². The lowest BCUT2D eigenvalue weighted by atomic mass is 10.2. The number of carboxylic acid groups (broad SMARTS) is 1. The van der Waals surface area contributed by atoms with Crippen molar-refractivity contribution in [2.45, 2.75) is 6.42 Å². The number of carboxylic acids is 1. The van der Waals surface area contributed by atoms with Crippen molar-refractivity contribution in [3.05, 3.63) is 42.2 Å². The van der Waals surface area contributed by atoms with Gasteiger partial charge in [0.2, 0.25) is 0 Å². The molecule has 0 saturated carbocycles. The molecule has 17 heavy (non-hydrogen) atoms. The molecule has 0 saturated heterocycles. The van der Waals surface area contributed by atoms with Gasteiger partial charge in [-0.05, 0) is 0 Å². The highest BCUT2D eigenvalue weighted by Gasteiger charge is 2.09. The molecule has 0 unspecified atom stereocenters. The average Bonchev–Trinajstić information content (AvgIpc) is 2.32. The second-order valence-corrected chi connectivity index (χ2v) is 3.53. The fourth-order valence-corrected chi connectivity index (χ4v) is 1.44. The molecule has 2 aromatic rings. The molecule has 86 valence electrons. The number of hydrogen-bond donors (Lipinski definition) is 2. The third-order valence-corrected chi connectivity index (χ3v) is 2.25. The number of aliphatic carboxylic acids is 1. The summed E-state index contributed by atoms with van der Waals surface area (Å²) in [6.07, 6.45) is 1.24. The van der Waals surface area contributed by atoms with E-state index in [1.54, 1.807) is 0 Å². The van der Waals surface area contributed by atoms with E-state index in [0.717, 1.165) is 5.56 Å². The molecule has 0 atom stereocenters. The Morgan fingerprint density at radius 3 is 2.65 bits per heavy atom. The molecule has 0 radical (unpaired) electrons. The Morgan fingerprint density at radius 2 is 2.00 bits per heavy atom. The minimum atomic E-state index is -0.964. The van der Waals surface area contributed by atoms with Crippen LogP contribution in [-0.4, -0.2) is 21.0 Å². The first-order chi connectivity index (χ1) is 8.16. The molecule has 5 heteroatoms. The highest BCUT2D eigenvalue weighted by molar-refractivity contribution is 5.72. The van der Waals surface area contributed by atoms with Crippen LogP contribution < -0.4 is 5.73 Å². The lowest BCUT2D eigenvalue weighted by molar-refractivity contribution is -0.136. The van der Waals surface area contributed by atoms with E-state index in [1.165, 1.54) is 6.20 Å². The van der Waals surface area contributed by atoms with Crippen molar-refractivity contribution in [2.24, 2.45) is 0 Å². The molecule has 0 aliphatic heterocycles. The topological polar surface area (TPSA) is 89.1 Å². The minimum absolute atomic E-state index is 0.200.